The van der Waals surface area contributed by atoms with E-state index >= 15 is 0 Å². The molecule has 0 radical (unpaired) electrons. The van der Waals surface area contributed by atoms with Gasteiger partial charge in [0.05, 0.1) is 17.4 Å². The number of fused-ring (bicyclic) bond motifs is 4. The lowest BCUT2D eigenvalue weighted by atomic mass is 9.69. The summed E-state index contributed by atoms with van der Waals surface area (Å²) in [5, 5.41) is 22.8. The Morgan fingerprint density at radius 1 is 1.00 bits per heavy atom. The highest BCUT2D eigenvalue weighted by Gasteiger charge is 2.54. The van der Waals surface area contributed by atoms with E-state index in [-0.39, 0.29) is 17.4 Å². The van der Waals surface area contributed by atoms with Crippen LogP contribution in [0.25, 0.3) is 0 Å². The van der Waals surface area contributed by atoms with Crippen molar-refractivity contribution in [2.75, 3.05) is 0 Å². The molecule has 1 spiro atoms. The van der Waals surface area contributed by atoms with Crippen molar-refractivity contribution in [3.8, 4) is 0 Å². The number of aliphatic hydroxyl groups is 2. The molecule has 0 saturated heterocycles. The zero-order chi connectivity index (χ0) is 24.6. The number of hydrogen-bond acceptors (Lipinski definition) is 4. The average Bonchev–Trinajstić information content (AvgIpc) is 3.36. The van der Waals surface area contributed by atoms with E-state index in [1.54, 1.807) is 0 Å². The topological polar surface area (TPSA) is 62.6 Å². The van der Waals surface area contributed by atoms with Gasteiger partial charge in [-0.05, 0) is 52.7 Å². The molecule has 4 heteroatoms. The van der Waals surface area contributed by atoms with Crippen LogP contribution in [0, 0.1) is 5.41 Å². The van der Waals surface area contributed by atoms with E-state index < -0.39 is 23.2 Å². The molecule has 2 aliphatic carbocycles. The van der Waals surface area contributed by atoms with Gasteiger partial charge in [-0.15, -0.1) is 0 Å². The molecule has 2 N–H and O–H groups in total. The van der Waals surface area contributed by atoms with Gasteiger partial charge in [-0.1, -0.05) is 85.6 Å². The van der Waals surface area contributed by atoms with Crippen LogP contribution in [0.2, 0.25) is 0 Å². The number of rotatable bonds is 2. The van der Waals surface area contributed by atoms with Crippen molar-refractivity contribution in [1.82, 2.24) is 4.98 Å². The molecule has 1 fully saturated rings. The maximum atomic E-state index is 11.4. The first-order valence-corrected chi connectivity index (χ1v) is 13.1. The summed E-state index contributed by atoms with van der Waals surface area (Å²) >= 11 is 0. The zero-order valence-corrected chi connectivity index (χ0v) is 21.9. The van der Waals surface area contributed by atoms with Crippen LogP contribution in [0.1, 0.15) is 144 Å². The first-order valence-electron chi connectivity index (χ1n) is 13.1. The third kappa shape index (κ3) is 3.56. The minimum absolute atomic E-state index is 0.0937. The lowest BCUT2D eigenvalue weighted by molar-refractivity contribution is -0.0598. The summed E-state index contributed by atoms with van der Waals surface area (Å²) in [5.41, 5.74) is 6.53. The van der Waals surface area contributed by atoms with E-state index in [1.807, 2.05) is 13.8 Å². The molecule has 0 bridgehead atoms. The molecule has 0 amide bonds. The van der Waals surface area contributed by atoms with Crippen molar-refractivity contribution in [3.05, 3.63) is 63.5 Å². The number of benzene rings is 1. The fourth-order valence-corrected chi connectivity index (χ4v) is 6.53. The van der Waals surface area contributed by atoms with Crippen molar-refractivity contribution in [1.29, 1.82) is 0 Å². The molecule has 5 rings (SSSR count). The van der Waals surface area contributed by atoms with Crippen LogP contribution in [-0.2, 0) is 15.8 Å². The summed E-state index contributed by atoms with van der Waals surface area (Å²) < 4.78 is 7.05. The maximum Gasteiger partial charge on any atom is 0.111 e. The van der Waals surface area contributed by atoms with E-state index in [2.05, 4.69) is 58.9 Å². The van der Waals surface area contributed by atoms with Crippen LogP contribution < -0.4 is 0 Å². The number of nitrogens with zero attached hydrogens (tertiary/aromatic N) is 1. The van der Waals surface area contributed by atoms with Gasteiger partial charge >= 0.3 is 0 Å². The monoisotopic (exact) mass is 463 g/mol. The molecule has 3 aliphatic rings. The Hall–Kier alpha value is -1.75. The lowest BCUT2D eigenvalue weighted by Crippen LogP contribution is -2.35. The smallest absolute Gasteiger partial charge is 0.111 e. The Balaban J connectivity index is 1.76. The number of aliphatic hydroxyl groups excluding tert-OH is 2. The van der Waals surface area contributed by atoms with E-state index in [0.717, 1.165) is 53.6 Å². The Labute approximate surface area is 204 Å². The second-order valence-electron chi connectivity index (χ2n) is 12.9. The average molecular weight is 464 g/mol. The largest absolute Gasteiger partial charge is 0.388 e. The second kappa shape index (κ2) is 7.88. The molecule has 4 nitrogen and oxygen atoms in total. The summed E-state index contributed by atoms with van der Waals surface area (Å²) in [6.45, 7) is 15.1. The number of pyridine rings is 1. The molecular formula is C30H41NO3. The molecule has 1 aliphatic heterocycles. The van der Waals surface area contributed by atoms with Crippen LogP contribution >= 0.6 is 0 Å². The van der Waals surface area contributed by atoms with Gasteiger partial charge in [0.2, 0.25) is 0 Å². The predicted molar refractivity (Wildman–Crippen MR) is 135 cm³/mol. The first-order chi connectivity index (χ1) is 15.9. The van der Waals surface area contributed by atoms with Crippen LogP contribution in [-0.4, -0.2) is 15.2 Å². The standard InChI is InChI=1S/C30H41NO3/c1-17(2)24-22-23(21-20(32)16-29(6,7)27(33)25(21)31-24)30(14-8-9-15-30)34-26(22)18-10-12-19(13-11-18)28(3,4)5/h10-13,17,20,26-27,32-33H,8-9,14-16H2,1-7H3/t20-,26+,27+/m0/s1. The SMILES string of the molecule is CC(C)c1nc2c(c3c1[C@@H](c1ccc(C(C)(C)C)cc1)OC31CCCC1)[C@@H](O)CC(C)(C)[C@@H]2O. The van der Waals surface area contributed by atoms with E-state index in [1.165, 1.54) is 5.56 Å². The summed E-state index contributed by atoms with van der Waals surface area (Å²) in [6.07, 6.45) is 3.14. The van der Waals surface area contributed by atoms with Gasteiger partial charge in [0, 0.05) is 16.8 Å². The molecule has 1 aromatic heterocycles. The highest BCUT2D eigenvalue weighted by Crippen LogP contribution is 2.60. The minimum atomic E-state index is -0.697. The minimum Gasteiger partial charge on any atom is -0.388 e. The van der Waals surface area contributed by atoms with Gasteiger partial charge in [-0.2, -0.15) is 0 Å². The molecule has 34 heavy (non-hydrogen) atoms. The summed E-state index contributed by atoms with van der Waals surface area (Å²) in [6, 6.07) is 8.86. The van der Waals surface area contributed by atoms with Crippen molar-refractivity contribution in [2.24, 2.45) is 5.41 Å². The normalized spacial score (nSPS) is 27.3. The Bertz CT molecular complexity index is 1090. The molecule has 1 saturated carbocycles. The Kier molecular flexibility index (Phi) is 5.55. The van der Waals surface area contributed by atoms with Crippen molar-refractivity contribution in [2.45, 2.75) is 116 Å². The number of aromatic nitrogens is 1. The maximum absolute atomic E-state index is 11.4. The molecular weight excluding hydrogens is 422 g/mol. The van der Waals surface area contributed by atoms with Crippen LogP contribution in [0.15, 0.2) is 24.3 Å². The van der Waals surface area contributed by atoms with Crippen molar-refractivity contribution >= 4 is 0 Å². The van der Waals surface area contributed by atoms with E-state index in [0.29, 0.717) is 12.1 Å². The molecule has 2 aromatic rings. The van der Waals surface area contributed by atoms with Gasteiger partial charge in [-0.25, -0.2) is 0 Å². The molecule has 184 valence electrons. The Morgan fingerprint density at radius 3 is 2.18 bits per heavy atom. The molecule has 0 unspecified atom stereocenters. The second-order valence-corrected chi connectivity index (χ2v) is 12.9. The third-order valence-corrected chi connectivity index (χ3v) is 8.48. The lowest BCUT2D eigenvalue weighted by Gasteiger charge is -2.41. The Morgan fingerprint density at radius 2 is 1.62 bits per heavy atom. The van der Waals surface area contributed by atoms with Gasteiger partial charge < -0.3 is 14.9 Å². The highest BCUT2D eigenvalue weighted by molar-refractivity contribution is 5.55. The zero-order valence-electron chi connectivity index (χ0n) is 21.9. The number of hydrogen-bond donors (Lipinski definition) is 2. The van der Waals surface area contributed by atoms with E-state index in [9.17, 15) is 10.2 Å². The summed E-state index contributed by atoms with van der Waals surface area (Å²) in [5.74, 6) is 0.185. The third-order valence-electron chi connectivity index (χ3n) is 8.48. The molecule has 2 heterocycles. The first kappa shape index (κ1) is 24.0. The van der Waals surface area contributed by atoms with Crippen LogP contribution in [0.3, 0.4) is 0 Å². The van der Waals surface area contributed by atoms with Gasteiger partial charge in [0.25, 0.3) is 0 Å². The van der Waals surface area contributed by atoms with Crippen LogP contribution in [0.5, 0.6) is 0 Å². The predicted octanol–water partition coefficient (Wildman–Crippen LogP) is 6.89. The molecule has 1 aromatic carbocycles. The summed E-state index contributed by atoms with van der Waals surface area (Å²) in [4.78, 5) is 5.11. The number of ether oxygens (including phenoxy) is 1. The highest BCUT2D eigenvalue weighted by atomic mass is 16.5. The summed E-state index contributed by atoms with van der Waals surface area (Å²) in [7, 11) is 0. The van der Waals surface area contributed by atoms with Gasteiger partial charge in [-0.3, -0.25) is 4.98 Å². The van der Waals surface area contributed by atoms with Crippen LogP contribution in [0.4, 0.5) is 0 Å². The van der Waals surface area contributed by atoms with Crippen molar-refractivity contribution in [3.63, 3.8) is 0 Å². The van der Waals surface area contributed by atoms with Crippen molar-refractivity contribution < 1.29 is 14.9 Å². The quantitative estimate of drug-likeness (QED) is 0.509. The fourth-order valence-electron chi connectivity index (χ4n) is 6.53. The molecule has 3 atom stereocenters. The van der Waals surface area contributed by atoms with Gasteiger partial charge in [0.1, 0.15) is 12.2 Å². The van der Waals surface area contributed by atoms with Gasteiger partial charge in [0.15, 0.2) is 0 Å². The fraction of sp³-hybridized carbons (Fsp3) is 0.633. The van der Waals surface area contributed by atoms with E-state index in [4.69, 9.17) is 9.72 Å².